The summed E-state index contributed by atoms with van der Waals surface area (Å²) >= 11 is 0. The number of hydrogen-bond acceptors (Lipinski definition) is 6. The van der Waals surface area contributed by atoms with Crippen LogP contribution in [0.5, 0.6) is 5.75 Å². The first-order valence-corrected chi connectivity index (χ1v) is 16.2. The molecule has 0 fully saturated rings. The van der Waals surface area contributed by atoms with Crippen molar-refractivity contribution in [1.82, 2.24) is 4.98 Å². The van der Waals surface area contributed by atoms with Crippen molar-refractivity contribution in [2.45, 2.75) is 32.7 Å². The molecular weight excluding hydrogens is 584 g/mol. The van der Waals surface area contributed by atoms with Crippen molar-refractivity contribution in [2.75, 3.05) is 35.9 Å². The molecule has 0 radical (unpaired) electrons. The number of nitrogens with one attached hydrogen (secondary N) is 2. The second-order valence-corrected chi connectivity index (χ2v) is 11.8. The molecular formula is C33H39F2N5O3S+2. The topological polar surface area (TPSA) is 124 Å². The van der Waals surface area contributed by atoms with Gasteiger partial charge in [-0.05, 0) is 61.1 Å². The number of amidine groups is 1. The molecule has 1 aromatic heterocycles. The van der Waals surface area contributed by atoms with Gasteiger partial charge in [0.15, 0.2) is 13.2 Å². The summed E-state index contributed by atoms with van der Waals surface area (Å²) in [5, 5.41) is 20.5. The number of benzene rings is 2. The molecule has 6 N–H and O–H groups in total. The summed E-state index contributed by atoms with van der Waals surface area (Å²) in [6.45, 7) is 2.00. The van der Waals surface area contributed by atoms with Gasteiger partial charge < -0.3 is 20.5 Å². The van der Waals surface area contributed by atoms with Crippen LogP contribution in [0.3, 0.4) is 0 Å². The van der Waals surface area contributed by atoms with E-state index in [1.807, 2.05) is 36.4 Å². The fourth-order valence-electron chi connectivity index (χ4n) is 4.75. The molecule has 0 saturated heterocycles. The van der Waals surface area contributed by atoms with E-state index in [2.05, 4.69) is 28.6 Å². The summed E-state index contributed by atoms with van der Waals surface area (Å²) < 4.78 is 46.6. The Morgan fingerprint density at radius 1 is 1.11 bits per heavy atom. The van der Waals surface area contributed by atoms with Gasteiger partial charge in [-0.3, -0.25) is 14.6 Å². The van der Waals surface area contributed by atoms with Crippen molar-refractivity contribution in [3.63, 3.8) is 0 Å². The van der Waals surface area contributed by atoms with Gasteiger partial charge in [0.1, 0.15) is 28.9 Å². The fraction of sp³-hybridized carbons (Fsp3) is 0.303. The Kier molecular flexibility index (Phi) is 11.9. The maximum absolute atomic E-state index is 14.8. The molecule has 0 saturated carbocycles. The van der Waals surface area contributed by atoms with Crippen molar-refractivity contribution >= 4 is 33.7 Å². The Hall–Kier alpha value is -4.22. The molecule has 8 nitrogen and oxygen atoms in total. The van der Waals surface area contributed by atoms with Crippen LogP contribution in [0, 0.1) is 17.6 Å². The lowest BCUT2D eigenvalue weighted by molar-refractivity contribution is -0.111. The van der Waals surface area contributed by atoms with Gasteiger partial charge in [0.2, 0.25) is 5.71 Å². The molecule has 2 atom stereocenters. The number of aromatic nitrogens is 1. The maximum Gasteiger partial charge on any atom is 0.231 e. The third-order valence-corrected chi connectivity index (χ3v) is 7.91. The summed E-state index contributed by atoms with van der Waals surface area (Å²) in [6.07, 6.45) is 11.6. The third kappa shape index (κ3) is 8.90. The van der Waals surface area contributed by atoms with Gasteiger partial charge in [-0.1, -0.05) is 25.1 Å². The quantitative estimate of drug-likeness (QED) is 0.184. The lowest BCUT2D eigenvalue weighted by Gasteiger charge is -2.15. The molecule has 1 aliphatic heterocycles. The van der Waals surface area contributed by atoms with E-state index in [0.29, 0.717) is 40.7 Å². The number of rotatable bonds is 14. The number of nitrogens with zero attached hydrogens (tertiary/aromatic N) is 2. The summed E-state index contributed by atoms with van der Waals surface area (Å²) in [4.78, 5) is 9.11. The van der Waals surface area contributed by atoms with Crippen molar-refractivity contribution in [1.29, 1.82) is 0 Å². The smallest absolute Gasteiger partial charge is 0.231 e. The summed E-state index contributed by atoms with van der Waals surface area (Å²) in [7, 11) is -0.898. The highest BCUT2D eigenvalue weighted by atomic mass is 32.2. The Labute approximate surface area is 259 Å². The van der Waals surface area contributed by atoms with Gasteiger partial charge >= 0.3 is 0 Å². The molecule has 232 valence electrons. The number of aliphatic imine (C=N–C) groups is 1. The lowest BCUT2D eigenvalue weighted by Crippen LogP contribution is -2.42. The van der Waals surface area contributed by atoms with E-state index >= 15 is 0 Å². The van der Waals surface area contributed by atoms with Crippen LogP contribution in [0.4, 0.5) is 20.2 Å². The van der Waals surface area contributed by atoms with Crippen LogP contribution in [0.1, 0.15) is 37.3 Å². The first-order chi connectivity index (χ1) is 21.3. The van der Waals surface area contributed by atoms with Crippen molar-refractivity contribution in [2.24, 2.45) is 10.9 Å². The van der Waals surface area contributed by atoms with Gasteiger partial charge in [-0.25, -0.2) is 13.8 Å². The summed E-state index contributed by atoms with van der Waals surface area (Å²) in [5.74, 6) is -0.162. The van der Waals surface area contributed by atoms with E-state index in [0.717, 1.165) is 36.2 Å². The van der Waals surface area contributed by atoms with Crippen LogP contribution in [0.15, 0.2) is 89.3 Å². The standard InChI is InChI=1S/C33H37F2N5O3S/c1-3-22-17-23(7-6-16-44(2)42)33(39-24-10-12-37-13-11-24)40-31(18-22)32(36)26-8-4-5-9-30(26)38-21-27-28(34)19-25(20-29(27)35)43-15-14-41/h4-5,8-13,17-20,22,36,38,41H,3,6-7,14-16,21H2,1-2H3,(H,37,39,40)/p+2/t22?,44-/m1/s1. The Morgan fingerprint density at radius 3 is 2.52 bits per heavy atom. The van der Waals surface area contributed by atoms with Gasteiger partial charge in [0, 0.05) is 70.8 Å². The second-order valence-electron chi connectivity index (χ2n) is 10.3. The minimum Gasteiger partial charge on any atom is -0.485 e. The Morgan fingerprint density at radius 2 is 1.84 bits per heavy atom. The van der Waals surface area contributed by atoms with Crippen LogP contribution >= 0.6 is 0 Å². The van der Waals surface area contributed by atoms with Crippen molar-refractivity contribution < 1.29 is 28.2 Å². The summed E-state index contributed by atoms with van der Waals surface area (Å²) in [6, 6.07) is 13.2. The predicted molar refractivity (Wildman–Crippen MR) is 174 cm³/mol. The zero-order valence-corrected chi connectivity index (χ0v) is 25.7. The van der Waals surface area contributed by atoms with E-state index in [-0.39, 0.29) is 37.0 Å². The highest BCUT2D eigenvalue weighted by molar-refractivity contribution is 7.84. The van der Waals surface area contributed by atoms with E-state index in [1.165, 1.54) is 0 Å². The minimum atomic E-state index is -0.898. The molecule has 4 rings (SSSR count). The first kappa shape index (κ1) is 32.7. The lowest BCUT2D eigenvalue weighted by atomic mass is 9.97. The van der Waals surface area contributed by atoms with Gasteiger partial charge in [0.25, 0.3) is 0 Å². The van der Waals surface area contributed by atoms with Crippen LogP contribution in [0.2, 0.25) is 0 Å². The highest BCUT2D eigenvalue weighted by Gasteiger charge is 2.24. The van der Waals surface area contributed by atoms with E-state index in [9.17, 15) is 13.0 Å². The zero-order valence-electron chi connectivity index (χ0n) is 24.9. The normalized spacial score (nSPS) is 15.4. The number of anilines is 2. The predicted octanol–water partition coefficient (Wildman–Crippen LogP) is 4.14. The molecule has 1 aliphatic rings. The van der Waals surface area contributed by atoms with Crippen molar-refractivity contribution in [3.8, 4) is 5.75 Å². The molecule has 3 aromatic rings. The molecule has 2 aromatic carbocycles. The number of nitrogens with two attached hydrogens (primary N) is 1. The molecule has 11 heteroatoms. The molecule has 0 bridgehead atoms. The van der Waals surface area contributed by atoms with Gasteiger partial charge in [0.05, 0.1) is 5.56 Å². The monoisotopic (exact) mass is 623 g/mol. The molecule has 0 aliphatic carbocycles. The number of hydrogen-bond donors (Lipinski definition) is 3. The van der Waals surface area contributed by atoms with Gasteiger partial charge in [-0.15, -0.1) is 0 Å². The Bertz CT molecular complexity index is 1550. The van der Waals surface area contributed by atoms with Crippen LogP contribution in [-0.4, -0.2) is 51.1 Å². The van der Waals surface area contributed by atoms with E-state index < -0.39 is 22.4 Å². The molecule has 1 unspecified atom stereocenters. The average Bonchev–Trinajstić information content (AvgIpc) is 3.19. The molecule has 2 heterocycles. The molecule has 0 amide bonds. The largest absolute Gasteiger partial charge is 0.485 e. The summed E-state index contributed by atoms with van der Waals surface area (Å²) in [5.41, 5.74) is 3.89. The van der Waals surface area contributed by atoms with Crippen LogP contribution in [0.25, 0.3) is 0 Å². The number of para-hydroxylation sites is 1. The van der Waals surface area contributed by atoms with E-state index in [1.54, 1.807) is 24.7 Å². The highest BCUT2D eigenvalue weighted by Crippen LogP contribution is 2.27. The fourth-order valence-corrected chi connectivity index (χ4v) is 5.30. The average molecular weight is 624 g/mol. The third-order valence-electron chi connectivity index (χ3n) is 7.05. The molecule has 0 spiro atoms. The number of halogens is 2. The van der Waals surface area contributed by atoms with Crippen molar-refractivity contribution in [3.05, 3.63) is 107 Å². The number of allylic oxidation sites excluding steroid dienone is 3. The number of pyridine rings is 1. The van der Waals surface area contributed by atoms with Crippen LogP contribution < -0.4 is 20.8 Å². The Balaban J connectivity index is 1.63. The van der Waals surface area contributed by atoms with Crippen LogP contribution in [-0.2, 0) is 17.3 Å². The van der Waals surface area contributed by atoms with Gasteiger partial charge in [-0.2, -0.15) is 0 Å². The number of ether oxygens (including phenoxy) is 1. The first-order valence-electron chi connectivity index (χ1n) is 14.5. The zero-order chi connectivity index (χ0) is 31.5. The molecule has 44 heavy (non-hydrogen) atoms. The minimum absolute atomic E-state index is 0.0135. The SMILES string of the molecule is CCC1C=C(CCC[S@@](C)=O)C(Nc2ccncc2)=NC(C(=[NH2+])c2ccccc2NCc2c(F)cc(OCC[OH2+])cc2F)=C1. The second kappa shape index (κ2) is 16.0. The maximum atomic E-state index is 14.8. The van der Waals surface area contributed by atoms with E-state index in [4.69, 9.17) is 20.2 Å².